The van der Waals surface area contributed by atoms with Crippen LogP contribution in [-0.2, 0) is 0 Å². The summed E-state index contributed by atoms with van der Waals surface area (Å²) in [6.45, 7) is 0. The lowest BCUT2D eigenvalue weighted by Gasteiger charge is -2.00. The average Bonchev–Trinajstić information content (AvgIpc) is 2.38. The third-order valence-corrected chi connectivity index (χ3v) is 2.27. The van der Waals surface area contributed by atoms with E-state index in [9.17, 15) is 0 Å². The highest BCUT2D eigenvalue weighted by molar-refractivity contribution is 5.65. The lowest BCUT2D eigenvalue weighted by atomic mass is 10.1. The predicted molar refractivity (Wildman–Crippen MR) is 64.3 cm³/mol. The molecule has 1 aromatic heterocycles. The SMILES string of the molecule is N#CC=Cc1ccc(-c2ccncc2)cc1. The Hall–Kier alpha value is -2.40. The van der Waals surface area contributed by atoms with Crippen LogP contribution in [-0.4, -0.2) is 4.98 Å². The molecule has 0 atom stereocenters. The second-order valence-corrected chi connectivity index (χ2v) is 3.32. The fraction of sp³-hybridized carbons (Fsp3) is 0. The third kappa shape index (κ3) is 2.34. The predicted octanol–water partition coefficient (Wildman–Crippen LogP) is 3.29. The van der Waals surface area contributed by atoms with Crippen LogP contribution in [0.1, 0.15) is 5.56 Å². The zero-order chi connectivity index (χ0) is 11.2. The number of hydrogen-bond donors (Lipinski definition) is 0. The normalized spacial score (nSPS) is 10.2. The molecule has 76 valence electrons. The number of pyridine rings is 1. The molecule has 0 saturated heterocycles. The number of benzene rings is 1. The van der Waals surface area contributed by atoms with Crippen molar-refractivity contribution in [3.63, 3.8) is 0 Å². The first-order chi connectivity index (χ1) is 7.90. The Morgan fingerprint density at radius 1 is 0.938 bits per heavy atom. The highest BCUT2D eigenvalue weighted by atomic mass is 14.6. The summed E-state index contributed by atoms with van der Waals surface area (Å²) < 4.78 is 0. The van der Waals surface area contributed by atoms with Gasteiger partial charge in [0.1, 0.15) is 0 Å². The van der Waals surface area contributed by atoms with Crippen LogP contribution in [0.15, 0.2) is 54.9 Å². The van der Waals surface area contributed by atoms with Gasteiger partial charge in [0.15, 0.2) is 0 Å². The molecule has 0 spiro atoms. The molecular formula is C14H10N2. The fourth-order valence-electron chi connectivity index (χ4n) is 1.46. The van der Waals surface area contributed by atoms with E-state index in [-0.39, 0.29) is 0 Å². The fourth-order valence-corrected chi connectivity index (χ4v) is 1.46. The van der Waals surface area contributed by atoms with Crippen LogP contribution in [0, 0.1) is 11.3 Å². The second kappa shape index (κ2) is 4.90. The average molecular weight is 206 g/mol. The molecule has 0 bridgehead atoms. The highest BCUT2D eigenvalue weighted by Gasteiger charge is 1.95. The maximum Gasteiger partial charge on any atom is 0.0912 e. The van der Waals surface area contributed by atoms with Gasteiger partial charge in [-0.25, -0.2) is 0 Å². The van der Waals surface area contributed by atoms with Crippen molar-refractivity contribution < 1.29 is 0 Å². The molecule has 0 N–H and O–H groups in total. The third-order valence-electron chi connectivity index (χ3n) is 2.27. The molecule has 0 aliphatic carbocycles. The summed E-state index contributed by atoms with van der Waals surface area (Å²) >= 11 is 0. The maximum absolute atomic E-state index is 8.42. The van der Waals surface area contributed by atoms with Crippen LogP contribution >= 0.6 is 0 Å². The molecule has 1 heterocycles. The molecule has 16 heavy (non-hydrogen) atoms. The Bertz CT molecular complexity index is 519. The standard InChI is InChI=1S/C14H10N2/c15-9-1-2-12-3-5-13(6-4-12)14-7-10-16-11-8-14/h1-8,10-11H. The van der Waals surface area contributed by atoms with Crippen LogP contribution < -0.4 is 0 Å². The molecule has 0 amide bonds. The van der Waals surface area contributed by atoms with Crippen molar-refractivity contribution in [2.75, 3.05) is 0 Å². The molecule has 0 radical (unpaired) electrons. The lowest BCUT2D eigenvalue weighted by molar-refractivity contribution is 1.33. The Morgan fingerprint density at radius 2 is 1.56 bits per heavy atom. The van der Waals surface area contributed by atoms with Crippen molar-refractivity contribution in [2.45, 2.75) is 0 Å². The largest absolute Gasteiger partial charge is 0.265 e. The van der Waals surface area contributed by atoms with Gasteiger partial charge in [-0.1, -0.05) is 24.3 Å². The summed E-state index contributed by atoms with van der Waals surface area (Å²) in [7, 11) is 0. The number of nitriles is 1. The van der Waals surface area contributed by atoms with E-state index in [2.05, 4.69) is 4.98 Å². The highest BCUT2D eigenvalue weighted by Crippen LogP contribution is 2.18. The van der Waals surface area contributed by atoms with Gasteiger partial charge in [-0.3, -0.25) is 4.98 Å². The van der Waals surface area contributed by atoms with E-state index >= 15 is 0 Å². The molecule has 0 fully saturated rings. The van der Waals surface area contributed by atoms with E-state index in [1.54, 1.807) is 18.5 Å². The monoisotopic (exact) mass is 206 g/mol. The summed E-state index contributed by atoms with van der Waals surface area (Å²) in [5.41, 5.74) is 3.32. The number of allylic oxidation sites excluding steroid dienone is 1. The zero-order valence-electron chi connectivity index (χ0n) is 8.67. The maximum atomic E-state index is 8.42. The summed E-state index contributed by atoms with van der Waals surface area (Å²) in [6.07, 6.45) is 6.81. The van der Waals surface area contributed by atoms with Crippen molar-refractivity contribution in [3.05, 3.63) is 60.4 Å². The smallest absolute Gasteiger partial charge is 0.0912 e. The molecular weight excluding hydrogens is 196 g/mol. The summed E-state index contributed by atoms with van der Waals surface area (Å²) in [5, 5.41) is 8.42. The Morgan fingerprint density at radius 3 is 2.19 bits per heavy atom. The zero-order valence-corrected chi connectivity index (χ0v) is 8.67. The molecule has 2 rings (SSSR count). The molecule has 2 aromatic rings. The number of hydrogen-bond acceptors (Lipinski definition) is 2. The van der Waals surface area contributed by atoms with E-state index in [1.807, 2.05) is 42.5 Å². The lowest BCUT2D eigenvalue weighted by Crippen LogP contribution is -1.78. The minimum Gasteiger partial charge on any atom is -0.265 e. The first-order valence-corrected chi connectivity index (χ1v) is 4.97. The molecule has 0 aliphatic heterocycles. The van der Waals surface area contributed by atoms with Gasteiger partial charge >= 0.3 is 0 Å². The van der Waals surface area contributed by atoms with Crippen LogP contribution in [0.25, 0.3) is 17.2 Å². The van der Waals surface area contributed by atoms with Gasteiger partial charge in [0.2, 0.25) is 0 Å². The number of rotatable bonds is 2. The van der Waals surface area contributed by atoms with Crippen LogP contribution in [0.3, 0.4) is 0 Å². The number of aromatic nitrogens is 1. The molecule has 2 heteroatoms. The molecule has 1 aromatic carbocycles. The number of nitrogens with zero attached hydrogens (tertiary/aromatic N) is 2. The molecule has 2 nitrogen and oxygen atoms in total. The van der Waals surface area contributed by atoms with E-state index in [0.717, 1.165) is 16.7 Å². The van der Waals surface area contributed by atoms with Crippen LogP contribution in [0.2, 0.25) is 0 Å². The van der Waals surface area contributed by atoms with Gasteiger partial charge in [0.05, 0.1) is 6.07 Å². The summed E-state index contributed by atoms with van der Waals surface area (Å²) in [6, 6.07) is 14.0. The van der Waals surface area contributed by atoms with Gasteiger partial charge in [0, 0.05) is 18.5 Å². The molecule has 0 saturated carbocycles. The molecule has 0 unspecified atom stereocenters. The van der Waals surface area contributed by atoms with Crippen molar-refractivity contribution in [2.24, 2.45) is 0 Å². The van der Waals surface area contributed by atoms with E-state index in [1.165, 1.54) is 6.08 Å². The van der Waals surface area contributed by atoms with E-state index < -0.39 is 0 Å². The topological polar surface area (TPSA) is 36.7 Å². The summed E-state index contributed by atoms with van der Waals surface area (Å²) in [5.74, 6) is 0. The van der Waals surface area contributed by atoms with Gasteiger partial charge in [-0.2, -0.15) is 5.26 Å². The van der Waals surface area contributed by atoms with Gasteiger partial charge in [0.25, 0.3) is 0 Å². The van der Waals surface area contributed by atoms with Crippen molar-refractivity contribution in [1.82, 2.24) is 4.98 Å². The Balaban J connectivity index is 2.27. The molecule has 0 aliphatic rings. The minimum absolute atomic E-state index is 1.03. The van der Waals surface area contributed by atoms with Crippen molar-refractivity contribution >= 4 is 6.08 Å². The van der Waals surface area contributed by atoms with Crippen LogP contribution in [0.5, 0.6) is 0 Å². The van der Waals surface area contributed by atoms with Crippen LogP contribution in [0.4, 0.5) is 0 Å². The first kappa shape index (κ1) is 10.1. The van der Waals surface area contributed by atoms with Gasteiger partial charge in [-0.05, 0) is 34.9 Å². The quantitative estimate of drug-likeness (QED) is 0.707. The van der Waals surface area contributed by atoms with E-state index in [4.69, 9.17) is 5.26 Å². The Labute approximate surface area is 94.5 Å². The van der Waals surface area contributed by atoms with Crippen molar-refractivity contribution in [1.29, 1.82) is 5.26 Å². The Kier molecular flexibility index (Phi) is 3.10. The minimum atomic E-state index is 1.03. The first-order valence-electron chi connectivity index (χ1n) is 4.97. The van der Waals surface area contributed by atoms with E-state index in [0.29, 0.717) is 0 Å². The second-order valence-electron chi connectivity index (χ2n) is 3.32. The van der Waals surface area contributed by atoms with Gasteiger partial charge < -0.3 is 0 Å². The van der Waals surface area contributed by atoms with Crippen molar-refractivity contribution in [3.8, 4) is 17.2 Å². The van der Waals surface area contributed by atoms with Gasteiger partial charge in [-0.15, -0.1) is 0 Å². The summed E-state index contributed by atoms with van der Waals surface area (Å²) in [4.78, 5) is 3.98.